The predicted octanol–water partition coefficient (Wildman–Crippen LogP) is 6.04. The Morgan fingerprint density at radius 2 is 1.50 bits per heavy atom. The number of nitrogens with zero attached hydrogens (tertiary/aromatic N) is 1. The van der Waals surface area contributed by atoms with Gasteiger partial charge in [-0.15, -0.1) is 0 Å². The van der Waals surface area contributed by atoms with Crippen LogP contribution in [0.1, 0.15) is 15.9 Å². The van der Waals surface area contributed by atoms with E-state index in [-0.39, 0.29) is 42.0 Å². The third kappa shape index (κ3) is 3.12. The fourth-order valence-corrected chi connectivity index (χ4v) is 2.78. The van der Waals surface area contributed by atoms with E-state index in [1.165, 1.54) is 12.1 Å². The summed E-state index contributed by atoms with van der Waals surface area (Å²) in [5, 5.41) is 8.49. The van der Waals surface area contributed by atoms with E-state index in [1.54, 1.807) is 18.2 Å². The van der Waals surface area contributed by atoms with Gasteiger partial charge in [0, 0.05) is 0 Å². The molecule has 0 amide bonds. The lowest BCUT2D eigenvalue weighted by Gasteiger charge is -2.12. The van der Waals surface area contributed by atoms with Crippen LogP contribution in [0.2, 0.25) is 25.1 Å². The van der Waals surface area contributed by atoms with Gasteiger partial charge in [0.05, 0.1) is 26.2 Å². The zero-order chi connectivity index (χ0) is 16.4. The zero-order valence-electron chi connectivity index (χ0n) is 10.5. The van der Waals surface area contributed by atoms with Gasteiger partial charge in [-0.2, -0.15) is 5.26 Å². The van der Waals surface area contributed by atoms with Crippen molar-refractivity contribution in [2.75, 3.05) is 0 Å². The molecule has 0 bridgehead atoms. The molecule has 2 aromatic carbocycles. The van der Waals surface area contributed by atoms with Crippen LogP contribution in [0.5, 0.6) is 5.75 Å². The van der Waals surface area contributed by atoms with Crippen molar-refractivity contribution in [2.24, 2.45) is 0 Å². The highest BCUT2D eigenvalue weighted by Gasteiger charge is 2.24. The molecule has 3 nitrogen and oxygen atoms in total. The SMILES string of the molecule is N#Cc1c(Cl)c(Cl)c(OC(=O)c2ccccc2Cl)c(Cl)c1Cl. The number of carbonyl (C=O) groups is 1. The molecule has 2 rings (SSSR count). The molecule has 112 valence electrons. The number of hydrogen-bond acceptors (Lipinski definition) is 3. The summed E-state index contributed by atoms with van der Waals surface area (Å²) in [6.45, 7) is 0. The third-order valence-corrected chi connectivity index (χ3v) is 4.62. The summed E-state index contributed by atoms with van der Waals surface area (Å²) in [5.74, 6) is -1.02. The summed E-state index contributed by atoms with van der Waals surface area (Å²) < 4.78 is 5.14. The molecule has 2 aromatic rings. The molecule has 8 heteroatoms. The number of carbonyl (C=O) groups excluding carboxylic acids is 1. The Hall–Kier alpha value is -1.15. The largest absolute Gasteiger partial charge is 0.420 e. The number of hydrogen-bond donors (Lipinski definition) is 0. The zero-order valence-corrected chi connectivity index (χ0v) is 14.2. The quantitative estimate of drug-likeness (QED) is 0.354. The van der Waals surface area contributed by atoms with E-state index < -0.39 is 5.97 Å². The van der Waals surface area contributed by atoms with Crippen molar-refractivity contribution >= 4 is 64.0 Å². The van der Waals surface area contributed by atoms with Crippen molar-refractivity contribution in [1.29, 1.82) is 5.26 Å². The molecule has 0 aliphatic heterocycles. The number of esters is 1. The fourth-order valence-electron chi connectivity index (χ4n) is 1.57. The van der Waals surface area contributed by atoms with E-state index in [0.717, 1.165) is 0 Å². The molecular formula is C14H4Cl5NO2. The van der Waals surface area contributed by atoms with E-state index in [1.807, 2.05) is 0 Å². The molecule has 0 radical (unpaired) electrons. The van der Waals surface area contributed by atoms with Crippen LogP contribution in [0.3, 0.4) is 0 Å². The van der Waals surface area contributed by atoms with Crippen molar-refractivity contribution in [2.45, 2.75) is 0 Å². The molecular weight excluding hydrogens is 391 g/mol. The minimum atomic E-state index is -0.786. The van der Waals surface area contributed by atoms with Crippen molar-refractivity contribution in [3.63, 3.8) is 0 Å². The summed E-state index contributed by atoms with van der Waals surface area (Å²) in [4.78, 5) is 12.1. The smallest absolute Gasteiger partial charge is 0.345 e. The van der Waals surface area contributed by atoms with E-state index in [0.29, 0.717) is 0 Å². The topological polar surface area (TPSA) is 50.1 Å². The van der Waals surface area contributed by atoms with Gasteiger partial charge >= 0.3 is 5.97 Å². The molecule has 22 heavy (non-hydrogen) atoms. The Balaban J connectivity index is 2.50. The number of rotatable bonds is 2. The first kappa shape index (κ1) is 17.2. The number of ether oxygens (including phenoxy) is 1. The highest BCUT2D eigenvalue weighted by molar-refractivity contribution is 6.50. The summed E-state index contributed by atoms with van der Waals surface area (Å²) in [6, 6.07) is 8.05. The van der Waals surface area contributed by atoms with Gasteiger partial charge in [0.15, 0.2) is 5.75 Å². The molecule has 0 saturated carbocycles. The van der Waals surface area contributed by atoms with Crippen LogP contribution >= 0.6 is 58.0 Å². The van der Waals surface area contributed by atoms with Gasteiger partial charge in [0.2, 0.25) is 0 Å². The average molecular weight is 395 g/mol. The minimum Gasteiger partial charge on any atom is -0.420 e. The Morgan fingerprint density at radius 3 is 2.00 bits per heavy atom. The lowest BCUT2D eigenvalue weighted by atomic mass is 10.2. The van der Waals surface area contributed by atoms with E-state index in [2.05, 4.69) is 0 Å². The van der Waals surface area contributed by atoms with E-state index >= 15 is 0 Å². The average Bonchev–Trinajstić information content (AvgIpc) is 2.50. The van der Waals surface area contributed by atoms with Gasteiger partial charge in [-0.3, -0.25) is 0 Å². The Bertz CT molecular complexity index is 785. The van der Waals surface area contributed by atoms with Crippen molar-refractivity contribution in [1.82, 2.24) is 0 Å². The van der Waals surface area contributed by atoms with Crippen LogP contribution in [0.15, 0.2) is 24.3 Å². The van der Waals surface area contributed by atoms with Crippen LogP contribution in [-0.2, 0) is 0 Å². The Morgan fingerprint density at radius 1 is 0.955 bits per heavy atom. The standard InChI is InChI=1S/C14H4Cl5NO2/c15-8-4-2-1-3-6(8)14(21)22-13-11(18)9(16)7(5-20)10(17)12(13)19/h1-4H. The Labute approximate surface area is 150 Å². The van der Waals surface area contributed by atoms with Crippen molar-refractivity contribution < 1.29 is 9.53 Å². The molecule has 0 aromatic heterocycles. The van der Waals surface area contributed by atoms with E-state index in [4.69, 9.17) is 68.0 Å². The summed E-state index contributed by atoms with van der Waals surface area (Å²) in [5.41, 5.74) is 0.0174. The molecule has 0 aliphatic rings. The lowest BCUT2D eigenvalue weighted by molar-refractivity contribution is 0.0735. The van der Waals surface area contributed by atoms with E-state index in [9.17, 15) is 4.79 Å². The molecule has 0 spiro atoms. The molecule has 0 heterocycles. The highest BCUT2D eigenvalue weighted by Crippen LogP contribution is 2.46. The summed E-state index contributed by atoms with van der Waals surface area (Å²) in [6.07, 6.45) is 0. The summed E-state index contributed by atoms with van der Waals surface area (Å²) >= 11 is 29.7. The lowest BCUT2D eigenvalue weighted by Crippen LogP contribution is -2.10. The monoisotopic (exact) mass is 393 g/mol. The number of halogens is 5. The van der Waals surface area contributed by atoms with Crippen LogP contribution in [-0.4, -0.2) is 5.97 Å². The Kier molecular flexibility index (Phi) is 5.44. The normalized spacial score (nSPS) is 10.2. The maximum Gasteiger partial charge on any atom is 0.345 e. The first-order valence-electron chi connectivity index (χ1n) is 5.61. The molecule has 0 aliphatic carbocycles. The summed E-state index contributed by atoms with van der Waals surface area (Å²) in [7, 11) is 0. The molecule has 0 unspecified atom stereocenters. The van der Waals surface area contributed by atoms with Gasteiger partial charge in [-0.1, -0.05) is 70.1 Å². The maximum absolute atomic E-state index is 12.1. The minimum absolute atomic E-state index is 0.101. The van der Waals surface area contributed by atoms with Gasteiger partial charge < -0.3 is 4.74 Å². The first-order valence-corrected chi connectivity index (χ1v) is 7.50. The van der Waals surface area contributed by atoms with Gasteiger partial charge in [0.1, 0.15) is 16.1 Å². The second-order valence-electron chi connectivity index (χ2n) is 3.94. The van der Waals surface area contributed by atoms with Crippen molar-refractivity contribution in [3.05, 3.63) is 60.5 Å². The second-order valence-corrected chi connectivity index (χ2v) is 5.86. The van der Waals surface area contributed by atoms with Gasteiger partial charge in [0.25, 0.3) is 0 Å². The number of nitriles is 1. The first-order chi connectivity index (χ1) is 10.4. The van der Waals surface area contributed by atoms with Crippen LogP contribution < -0.4 is 4.74 Å². The molecule has 0 saturated heterocycles. The van der Waals surface area contributed by atoms with Gasteiger partial charge in [-0.25, -0.2) is 4.79 Å². The third-order valence-electron chi connectivity index (χ3n) is 2.62. The molecule has 0 N–H and O–H groups in total. The maximum atomic E-state index is 12.1. The predicted molar refractivity (Wildman–Crippen MR) is 87.6 cm³/mol. The molecule has 0 fully saturated rings. The molecule has 0 atom stereocenters. The van der Waals surface area contributed by atoms with Crippen LogP contribution in [0.25, 0.3) is 0 Å². The highest BCUT2D eigenvalue weighted by atomic mass is 35.5. The number of benzene rings is 2. The van der Waals surface area contributed by atoms with Gasteiger partial charge in [-0.05, 0) is 12.1 Å². The van der Waals surface area contributed by atoms with Crippen LogP contribution in [0.4, 0.5) is 0 Å². The second kappa shape index (κ2) is 6.95. The fraction of sp³-hybridized carbons (Fsp3) is 0. The van der Waals surface area contributed by atoms with Crippen LogP contribution in [0, 0.1) is 11.3 Å². The van der Waals surface area contributed by atoms with Crippen molar-refractivity contribution in [3.8, 4) is 11.8 Å².